The van der Waals surface area contributed by atoms with E-state index in [1.165, 1.54) is 45.3 Å². The van der Waals surface area contributed by atoms with Gasteiger partial charge in [-0.05, 0) is 71.6 Å². The van der Waals surface area contributed by atoms with Crippen LogP contribution in [-0.4, -0.2) is 48.6 Å². The van der Waals surface area contributed by atoms with E-state index >= 15 is 0 Å². The molecule has 1 heterocycles. The van der Waals surface area contributed by atoms with Crippen LogP contribution in [0.2, 0.25) is 0 Å². The topological polar surface area (TPSA) is 6.48 Å². The summed E-state index contributed by atoms with van der Waals surface area (Å²) >= 11 is 0. The minimum Gasteiger partial charge on any atom is -0.304 e. The first-order chi connectivity index (χ1) is 7.56. The minimum atomic E-state index is 0.736. The second-order valence-electron chi connectivity index (χ2n) is 6.27. The molecule has 94 valence electrons. The Bertz CT molecular complexity index is 221. The normalized spacial score (nSPS) is 26.6. The van der Waals surface area contributed by atoms with E-state index in [1.807, 2.05) is 0 Å². The molecule has 2 rings (SSSR count). The summed E-state index contributed by atoms with van der Waals surface area (Å²) in [5.74, 6) is 0. The summed E-state index contributed by atoms with van der Waals surface area (Å²) in [7, 11) is 2.28. The maximum absolute atomic E-state index is 2.64. The lowest BCUT2D eigenvalue weighted by molar-refractivity contribution is -0.0385. The fourth-order valence-corrected chi connectivity index (χ4v) is 3.43. The molecule has 2 nitrogen and oxygen atoms in total. The second-order valence-corrected chi connectivity index (χ2v) is 6.27. The van der Waals surface area contributed by atoms with Gasteiger partial charge in [0.05, 0.1) is 0 Å². The Morgan fingerprint density at radius 3 is 2.25 bits per heavy atom. The maximum atomic E-state index is 2.64. The van der Waals surface area contributed by atoms with Gasteiger partial charge in [-0.2, -0.15) is 0 Å². The van der Waals surface area contributed by atoms with Gasteiger partial charge in [0.1, 0.15) is 0 Å². The quantitative estimate of drug-likeness (QED) is 0.727. The molecule has 16 heavy (non-hydrogen) atoms. The van der Waals surface area contributed by atoms with Crippen molar-refractivity contribution in [1.82, 2.24) is 9.80 Å². The van der Waals surface area contributed by atoms with Crippen LogP contribution in [0.3, 0.4) is 0 Å². The van der Waals surface area contributed by atoms with Crippen molar-refractivity contribution >= 4 is 0 Å². The summed E-state index contributed by atoms with van der Waals surface area (Å²) in [6.45, 7) is 10.8. The van der Waals surface area contributed by atoms with Crippen LogP contribution in [0, 0.1) is 5.41 Å². The van der Waals surface area contributed by atoms with Crippen molar-refractivity contribution in [3.05, 3.63) is 0 Å². The lowest BCUT2D eigenvalue weighted by Gasteiger charge is -2.55. The third kappa shape index (κ3) is 2.28. The molecule has 0 bridgehead atoms. The summed E-state index contributed by atoms with van der Waals surface area (Å²) in [4.78, 5) is 5.17. The van der Waals surface area contributed by atoms with Crippen LogP contribution in [0.25, 0.3) is 0 Å². The van der Waals surface area contributed by atoms with E-state index in [4.69, 9.17) is 0 Å². The predicted octanol–water partition coefficient (Wildman–Crippen LogP) is 2.59. The lowest BCUT2D eigenvalue weighted by Crippen LogP contribution is -2.54. The van der Waals surface area contributed by atoms with Crippen LogP contribution in [0.15, 0.2) is 0 Å². The molecule has 0 radical (unpaired) electrons. The van der Waals surface area contributed by atoms with E-state index in [0.29, 0.717) is 0 Å². The zero-order chi connectivity index (χ0) is 11.8. The van der Waals surface area contributed by atoms with Crippen molar-refractivity contribution in [2.24, 2.45) is 5.41 Å². The zero-order valence-electron chi connectivity index (χ0n) is 11.5. The van der Waals surface area contributed by atoms with E-state index in [0.717, 1.165) is 17.5 Å². The van der Waals surface area contributed by atoms with Crippen LogP contribution < -0.4 is 0 Å². The molecule has 1 aliphatic heterocycles. The molecule has 1 saturated heterocycles. The largest absolute Gasteiger partial charge is 0.304 e. The van der Waals surface area contributed by atoms with Gasteiger partial charge < -0.3 is 9.80 Å². The number of hydrogen-bond donors (Lipinski definition) is 0. The lowest BCUT2D eigenvalue weighted by atomic mass is 9.60. The highest BCUT2D eigenvalue weighted by Crippen LogP contribution is 2.50. The molecule has 2 aliphatic rings. The Morgan fingerprint density at radius 1 is 1.25 bits per heavy atom. The van der Waals surface area contributed by atoms with Crippen molar-refractivity contribution in [3.63, 3.8) is 0 Å². The van der Waals surface area contributed by atoms with Crippen LogP contribution in [0.5, 0.6) is 0 Å². The highest BCUT2D eigenvalue weighted by molar-refractivity contribution is 5.00. The number of rotatable bonds is 3. The third-order valence-electron chi connectivity index (χ3n) is 5.05. The molecule has 0 amide bonds. The Hall–Kier alpha value is -0.0800. The van der Waals surface area contributed by atoms with E-state index < -0.39 is 0 Å². The molecule has 1 spiro atoms. The summed E-state index contributed by atoms with van der Waals surface area (Å²) in [6, 6.07) is 1.63. The fraction of sp³-hybridized carbons (Fsp3) is 1.00. The van der Waals surface area contributed by atoms with Crippen LogP contribution in [0.4, 0.5) is 0 Å². The minimum absolute atomic E-state index is 0.736. The van der Waals surface area contributed by atoms with Gasteiger partial charge in [-0.3, -0.25) is 0 Å². The van der Waals surface area contributed by atoms with E-state index in [1.54, 1.807) is 0 Å². The summed E-state index contributed by atoms with van der Waals surface area (Å²) in [5.41, 5.74) is 0.736. The smallest absolute Gasteiger partial charge is 0.0103 e. The number of nitrogens with zero attached hydrogens (tertiary/aromatic N) is 2. The SMILES string of the molecule is CCN(C)C1CC2(CCN(C(C)C)CC2)C1. The van der Waals surface area contributed by atoms with Crippen molar-refractivity contribution in [3.8, 4) is 0 Å². The standard InChI is InChI=1S/C14H28N2/c1-5-15(4)13-10-14(11-13)6-8-16(9-7-14)12(2)3/h12-13H,5-11H2,1-4H3. The fourth-order valence-electron chi connectivity index (χ4n) is 3.43. The van der Waals surface area contributed by atoms with Crippen LogP contribution in [-0.2, 0) is 0 Å². The maximum Gasteiger partial charge on any atom is 0.0103 e. The van der Waals surface area contributed by atoms with E-state index in [-0.39, 0.29) is 0 Å². The molecule has 0 aromatic carbocycles. The molecule has 0 N–H and O–H groups in total. The number of hydrogen-bond acceptors (Lipinski definition) is 2. The summed E-state index contributed by atoms with van der Waals surface area (Å²) in [5, 5.41) is 0. The van der Waals surface area contributed by atoms with Crippen LogP contribution >= 0.6 is 0 Å². The molecule has 2 heteroatoms. The first-order valence-corrected chi connectivity index (χ1v) is 7.00. The average Bonchev–Trinajstić information content (AvgIpc) is 2.25. The van der Waals surface area contributed by atoms with Gasteiger partial charge >= 0.3 is 0 Å². The first kappa shape index (κ1) is 12.4. The summed E-state index contributed by atoms with van der Waals surface area (Å²) < 4.78 is 0. The molecule has 1 saturated carbocycles. The molecule has 0 aromatic rings. The van der Waals surface area contributed by atoms with Gasteiger partial charge in [-0.25, -0.2) is 0 Å². The van der Waals surface area contributed by atoms with E-state index in [9.17, 15) is 0 Å². The molecule has 1 aliphatic carbocycles. The highest BCUT2D eigenvalue weighted by Gasteiger charge is 2.46. The molecule has 2 fully saturated rings. The Labute approximate surface area is 101 Å². The average molecular weight is 224 g/mol. The monoisotopic (exact) mass is 224 g/mol. The van der Waals surface area contributed by atoms with Crippen LogP contribution in [0.1, 0.15) is 46.5 Å². The highest BCUT2D eigenvalue weighted by atomic mass is 15.2. The Balaban J connectivity index is 1.78. The summed E-state index contributed by atoms with van der Waals surface area (Å²) in [6.07, 6.45) is 5.81. The van der Waals surface area contributed by atoms with Gasteiger partial charge in [0.25, 0.3) is 0 Å². The van der Waals surface area contributed by atoms with Crippen molar-refractivity contribution in [2.75, 3.05) is 26.7 Å². The van der Waals surface area contributed by atoms with Crippen molar-refractivity contribution < 1.29 is 0 Å². The van der Waals surface area contributed by atoms with Crippen molar-refractivity contribution in [1.29, 1.82) is 0 Å². The zero-order valence-corrected chi connectivity index (χ0v) is 11.5. The first-order valence-electron chi connectivity index (χ1n) is 7.00. The molecule has 0 aromatic heterocycles. The number of likely N-dealkylation sites (tertiary alicyclic amines) is 1. The van der Waals surface area contributed by atoms with Gasteiger partial charge in [0, 0.05) is 12.1 Å². The Kier molecular flexibility index (Phi) is 3.60. The molecule has 0 unspecified atom stereocenters. The number of piperidine rings is 1. The van der Waals surface area contributed by atoms with Gasteiger partial charge in [-0.15, -0.1) is 0 Å². The predicted molar refractivity (Wildman–Crippen MR) is 69.7 cm³/mol. The molecular formula is C14H28N2. The van der Waals surface area contributed by atoms with Gasteiger partial charge in [-0.1, -0.05) is 6.92 Å². The van der Waals surface area contributed by atoms with Crippen molar-refractivity contribution in [2.45, 2.75) is 58.5 Å². The van der Waals surface area contributed by atoms with Gasteiger partial charge in [0.2, 0.25) is 0 Å². The third-order valence-corrected chi connectivity index (χ3v) is 5.05. The van der Waals surface area contributed by atoms with Gasteiger partial charge in [0.15, 0.2) is 0 Å². The Morgan fingerprint density at radius 2 is 1.81 bits per heavy atom. The second kappa shape index (κ2) is 4.66. The van der Waals surface area contributed by atoms with E-state index in [2.05, 4.69) is 37.6 Å². The molecule has 0 atom stereocenters. The molecular weight excluding hydrogens is 196 g/mol.